The van der Waals surface area contributed by atoms with Crippen LogP contribution >= 0.6 is 11.6 Å². The summed E-state index contributed by atoms with van der Waals surface area (Å²) in [5.74, 6) is 1.41. The van der Waals surface area contributed by atoms with Crippen LogP contribution in [0, 0.1) is 0 Å². The summed E-state index contributed by atoms with van der Waals surface area (Å²) in [5.41, 5.74) is 2.40. The molecule has 0 aliphatic heterocycles. The molecule has 0 saturated heterocycles. The summed E-state index contributed by atoms with van der Waals surface area (Å²) in [4.78, 5) is 17.4. The van der Waals surface area contributed by atoms with Crippen molar-refractivity contribution >= 4 is 17.1 Å². The van der Waals surface area contributed by atoms with Gasteiger partial charge in [-0.25, -0.2) is 4.52 Å². The zero-order valence-corrected chi connectivity index (χ0v) is 17.2. The highest BCUT2D eigenvalue weighted by molar-refractivity contribution is 6.30. The van der Waals surface area contributed by atoms with Gasteiger partial charge in [-0.15, -0.1) is 0 Å². The monoisotopic (exact) mass is 433 g/mol. The van der Waals surface area contributed by atoms with E-state index in [0.29, 0.717) is 33.7 Å². The van der Waals surface area contributed by atoms with Crippen LogP contribution in [0.1, 0.15) is 5.89 Å². The number of halogens is 1. The van der Waals surface area contributed by atoms with E-state index in [2.05, 4.69) is 15.2 Å². The molecule has 8 nitrogen and oxygen atoms in total. The molecule has 0 fully saturated rings. The van der Waals surface area contributed by atoms with Gasteiger partial charge in [0, 0.05) is 28.5 Å². The first kappa shape index (κ1) is 19.1. The van der Waals surface area contributed by atoms with Gasteiger partial charge >= 0.3 is 0 Å². The predicted molar refractivity (Wildman–Crippen MR) is 115 cm³/mol. The Morgan fingerprint density at radius 2 is 1.97 bits per heavy atom. The average Bonchev–Trinajstić information content (AvgIpc) is 3.43. The van der Waals surface area contributed by atoms with Gasteiger partial charge in [-0.2, -0.15) is 10.1 Å². The van der Waals surface area contributed by atoms with Crippen molar-refractivity contribution in [3.8, 4) is 28.4 Å². The maximum absolute atomic E-state index is 13.0. The van der Waals surface area contributed by atoms with E-state index in [-0.39, 0.29) is 12.1 Å². The number of hydrogen-bond donors (Lipinski definition) is 0. The third-order valence-electron chi connectivity index (χ3n) is 4.84. The first-order valence-electron chi connectivity index (χ1n) is 9.43. The second-order valence-corrected chi connectivity index (χ2v) is 7.25. The molecule has 0 radical (unpaired) electrons. The Morgan fingerprint density at radius 1 is 1.10 bits per heavy atom. The third kappa shape index (κ3) is 3.57. The number of para-hydroxylation sites is 1. The van der Waals surface area contributed by atoms with Crippen LogP contribution in [0.5, 0.6) is 5.75 Å². The van der Waals surface area contributed by atoms with Crippen molar-refractivity contribution in [3.63, 3.8) is 0 Å². The molecule has 0 spiro atoms. The topological polar surface area (TPSA) is 87.5 Å². The summed E-state index contributed by atoms with van der Waals surface area (Å²) < 4.78 is 13.8. The molecule has 3 heterocycles. The van der Waals surface area contributed by atoms with E-state index < -0.39 is 0 Å². The summed E-state index contributed by atoms with van der Waals surface area (Å²) in [6.07, 6.45) is 3.35. The molecule has 5 rings (SSSR count). The van der Waals surface area contributed by atoms with Gasteiger partial charge in [0.2, 0.25) is 11.7 Å². The van der Waals surface area contributed by atoms with Crippen LogP contribution in [0.3, 0.4) is 0 Å². The molecule has 0 aliphatic rings. The minimum atomic E-state index is -0.223. The van der Waals surface area contributed by atoms with Gasteiger partial charge in [0.15, 0.2) is 0 Å². The SMILES string of the molecule is COc1ccccc1-c1cc2c(=O)n(Cc3nc(-c4cccc(Cl)c4)no3)ccn2n1. The number of ether oxygens (including phenoxy) is 1. The van der Waals surface area contributed by atoms with Gasteiger partial charge in [-0.05, 0) is 30.3 Å². The molecule has 2 aromatic carbocycles. The van der Waals surface area contributed by atoms with E-state index in [1.165, 1.54) is 4.57 Å². The molecule has 0 amide bonds. The van der Waals surface area contributed by atoms with E-state index in [4.69, 9.17) is 20.9 Å². The maximum atomic E-state index is 13.0. The van der Waals surface area contributed by atoms with Crippen LogP contribution in [0.2, 0.25) is 5.02 Å². The van der Waals surface area contributed by atoms with Gasteiger partial charge in [-0.1, -0.05) is 41.0 Å². The van der Waals surface area contributed by atoms with Crippen LogP contribution in [-0.2, 0) is 6.54 Å². The molecule has 154 valence electrons. The molecular weight excluding hydrogens is 418 g/mol. The molecule has 0 atom stereocenters. The Labute approximate surface area is 181 Å². The first-order valence-corrected chi connectivity index (χ1v) is 9.81. The van der Waals surface area contributed by atoms with Gasteiger partial charge in [-0.3, -0.25) is 4.79 Å². The molecule has 3 aromatic heterocycles. The number of benzene rings is 2. The van der Waals surface area contributed by atoms with E-state index in [1.807, 2.05) is 36.4 Å². The highest BCUT2D eigenvalue weighted by atomic mass is 35.5. The molecule has 0 unspecified atom stereocenters. The largest absolute Gasteiger partial charge is 0.496 e. The number of methoxy groups -OCH3 is 1. The third-order valence-corrected chi connectivity index (χ3v) is 5.08. The fraction of sp³-hybridized carbons (Fsp3) is 0.0909. The average molecular weight is 434 g/mol. The standard InChI is InChI=1S/C22H16ClN5O3/c1-30-19-8-3-2-7-16(19)17-12-18-22(29)27(9-10-28(18)25-17)13-20-24-21(26-31-20)14-5-4-6-15(23)11-14/h2-12H,13H2,1H3. The minimum absolute atomic E-state index is 0.137. The van der Waals surface area contributed by atoms with Crippen molar-refractivity contribution in [2.45, 2.75) is 6.54 Å². The Morgan fingerprint density at radius 3 is 2.81 bits per heavy atom. The fourth-order valence-electron chi connectivity index (χ4n) is 3.35. The molecule has 31 heavy (non-hydrogen) atoms. The summed E-state index contributed by atoms with van der Waals surface area (Å²) in [7, 11) is 1.60. The minimum Gasteiger partial charge on any atom is -0.496 e. The van der Waals surface area contributed by atoms with Gasteiger partial charge < -0.3 is 13.8 Å². The summed E-state index contributed by atoms with van der Waals surface area (Å²) in [5, 5.41) is 9.08. The number of fused-ring (bicyclic) bond motifs is 1. The lowest BCUT2D eigenvalue weighted by Crippen LogP contribution is -2.21. The highest BCUT2D eigenvalue weighted by Gasteiger charge is 2.14. The number of hydrogen-bond acceptors (Lipinski definition) is 6. The zero-order valence-electron chi connectivity index (χ0n) is 16.4. The highest BCUT2D eigenvalue weighted by Crippen LogP contribution is 2.28. The predicted octanol–water partition coefficient (Wildman–Crippen LogP) is 3.92. The Balaban J connectivity index is 1.48. The van der Waals surface area contributed by atoms with Crippen molar-refractivity contribution < 1.29 is 9.26 Å². The Bertz CT molecular complexity index is 1450. The van der Waals surface area contributed by atoms with E-state index in [0.717, 1.165) is 11.1 Å². The Kier molecular flexibility index (Phi) is 4.76. The Hall–Kier alpha value is -3.91. The van der Waals surface area contributed by atoms with Crippen molar-refractivity contribution in [2.75, 3.05) is 7.11 Å². The first-order chi connectivity index (χ1) is 15.1. The second-order valence-electron chi connectivity index (χ2n) is 6.81. The van der Waals surface area contributed by atoms with Crippen LogP contribution in [-0.4, -0.2) is 31.4 Å². The van der Waals surface area contributed by atoms with Crippen molar-refractivity contribution in [3.05, 3.63) is 88.3 Å². The van der Waals surface area contributed by atoms with Crippen molar-refractivity contribution in [1.82, 2.24) is 24.3 Å². The van der Waals surface area contributed by atoms with Crippen LogP contribution in [0.4, 0.5) is 0 Å². The van der Waals surface area contributed by atoms with E-state index in [1.54, 1.807) is 42.2 Å². The summed E-state index contributed by atoms with van der Waals surface area (Å²) in [6, 6.07) is 16.4. The van der Waals surface area contributed by atoms with Gasteiger partial charge in [0.1, 0.15) is 17.8 Å². The smallest absolute Gasteiger partial charge is 0.277 e. The molecular formula is C22H16ClN5O3. The maximum Gasteiger partial charge on any atom is 0.277 e. The fourth-order valence-corrected chi connectivity index (χ4v) is 3.54. The molecule has 0 aliphatic carbocycles. The van der Waals surface area contributed by atoms with Crippen LogP contribution < -0.4 is 10.3 Å². The molecule has 0 bridgehead atoms. The molecule has 0 saturated carbocycles. The van der Waals surface area contributed by atoms with Crippen molar-refractivity contribution in [1.29, 1.82) is 0 Å². The van der Waals surface area contributed by atoms with Gasteiger partial charge in [0.05, 0.1) is 12.8 Å². The zero-order chi connectivity index (χ0) is 21.4. The van der Waals surface area contributed by atoms with Crippen molar-refractivity contribution in [2.24, 2.45) is 0 Å². The second kappa shape index (κ2) is 7.73. The van der Waals surface area contributed by atoms with Crippen LogP contribution in [0.25, 0.3) is 28.2 Å². The lowest BCUT2D eigenvalue weighted by Gasteiger charge is -2.04. The summed E-state index contributed by atoms with van der Waals surface area (Å²) in [6.45, 7) is 0.137. The van der Waals surface area contributed by atoms with E-state index >= 15 is 0 Å². The number of nitrogens with zero attached hydrogens (tertiary/aromatic N) is 5. The normalized spacial score (nSPS) is 11.2. The molecule has 5 aromatic rings. The van der Waals surface area contributed by atoms with E-state index in [9.17, 15) is 4.79 Å². The lowest BCUT2D eigenvalue weighted by molar-refractivity contribution is 0.370. The molecule has 0 N–H and O–H groups in total. The lowest BCUT2D eigenvalue weighted by atomic mass is 10.1. The molecule has 9 heteroatoms. The van der Waals surface area contributed by atoms with Crippen LogP contribution in [0.15, 0.2) is 76.3 Å². The van der Waals surface area contributed by atoms with Gasteiger partial charge in [0.25, 0.3) is 5.56 Å². The summed E-state index contributed by atoms with van der Waals surface area (Å²) >= 11 is 6.03. The quantitative estimate of drug-likeness (QED) is 0.417. The number of rotatable bonds is 5. The number of aromatic nitrogens is 5.